The van der Waals surface area contributed by atoms with Crippen molar-refractivity contribution in [1.29, 1.82) is 0 Å². The van der Waals surface area contributed by atoms with Gasteiger partial charge in [-0.2, -0.15) is 13.2 Å². The van der Waals surface area contributed by atoms with Crippen molar-refractivity contribution in [3.63, 3.8) is 0 Å². The summed E-state index contributed by atoms with van der Waals surface area (Å²) in [5.74, 6) is -1.19. The van der Waals surface area contributed by atoms with Crippen LogP contribution >= 0.6 is 11.3 Å². The highest BCUT2D eigenvalue weighted by molar-refractivity contribution is 7.19. The van der Waals surface area contributed by atoms with Crippen molar-refractivity contribution in [3.8, 4) is 10.4 Å². The molecule has 0 bridgehead atoms. The van der Waals surface area contributed by atoms with Crippen LogP contribution in [-0.2, 0) is 6.54 Å². The first-order chi connectivity index (χ1) is 16.5. The van der Waals surface area contributed by atoms with E-state index in [2.05, 4.69) is 15.6 Å². The molecule has 7 nitrogen and oxygen atoms in total. The molecule has 0 aliphatic carbocycles. The predicted molar refractivity (Wildman–Crippen MR) is 125 cm³/mol. The lowest BCUT2D eigenvalue weighted by Gasteiger charge is -2.15. The number of nitrogens with two attached hydrogens (primary N) is 1. The van der Waals surface area contributed by atoms with E-state index >= 15 is 0 Å². The maximum absolute atomic E-state index is 14.8. The van der Waals surface area contributed by atoms with Crippen molar-refractivity contribution in [1.82, 2.24) is 10.3 Å². The third kappa shape index (κ3) is 6.75. The first kappa shape index (κ1) is 26.5. The topological polar surface area (TPSA) is 120 Å². The highest BCUT2D eigenvalue weighted by Gasteiger charge is 2.37. The molecule has 1 amide bonds. The van der Waals surface area contributed by atoms with Crippen molar-refractivity contribution in [2.45, 2.75) is 31.7 Å². The zero-order valence-electron chi connectivity index (χ0n) is 18.6. The lowest BCUT2D eigenvalue weighted by Crippen LogP contribution is -2.38. The second-order valence-electron chi connectivity index (χ2n) is 7.87. The van der Waals surface area contributed by atoms with Gasteiger partial charge in [-0.1, -0.05) is 25.1 Å². The van der Waals surface area contributed by atoms with Crippen molar-refractivity contribution in [2.24, 2.45) is 5.73 Å². The molecule has 12 heteroatoms. The van der Waals surface area contributed by atoms with Crippen LogP contribution in [0.5, 0.6) is 0 Å². The van der Waals surface area contributed by atoms with Crippen LogP contribution in [0.2, 0.25) is 0 Å². The molecule has 2 aromatic heterocycles. The number of nitrogens with zero attached hydrogens (tertiary/aromatic N) is 1. The molecular formula is C23H24F4N4O3S. The molecule has 1 aromatic carbocycles. The summed E-state index contributed by atoms with van der Waals surface area (Å²) in [6.07, 6.45) is -7.21. The molecule has 3 rings (SSSR count). The second-order valence-corrected chi connectivity index (χ2v) is 8.92. The molecule has 0 fully saturated rings. The molecular weight excluding hydrogens is 488 g/mol. The summed E-state index contributed by atoms with van der Waals surface area (Å²) < 4.78 is 52.0. The van der Waals surface area contributed by atoms with Gasteiger partial charge in [-0.15, -0.1) is 11.3 Å². The average Bonchev–Trinajstić information content (AvgIpc) is 3.21. The number of carbonyl (C=O) groups excluding carboxylic acids is 1. The Morgan fingerprint density at radius 1 is 1.23 bits per heavy atom. The first-order valence-corrected chi connectivity index (χ1v) is 11.3. The summed E-state index contributed by atoms with van der Waals surface area (Å²) in [6, 6.07) is 10.8. The van der Waals surface area contributed by atoms with Gasteiger partial charge < -0.3 is 26.6 Å². The number of rotatable bonds is 10. The van der Waals surface area contributed by atoms with Gasteiger partial charge in [-0.25, -0.2) is 9.37 Å². The van der Waals surface area contributed by atoms with E-state index in [0.29, 0.717) is 27.0 Å². The molecule has 0 saturated carbocycles. The highest BCUT2D eigenvalue weighted by Crippen LogP contribution is 2.38. The van der Waals surface area contributed by atoms with Gasteiger partial charge in [0, 0.05) is 36.1 Å². The number of primary amides is 1. The summed E-state index contributed by atoms with van der Waals surface area (Å²) in [7, 11) is 0. The third-order valence-electron chi connectivity index (χ3n) is 5.17. The number of hydrogen-bond donors (Lipinski definition) is 5. The summed E-state index contributed by atoms with van der Waals surface area (Å²) in [5.41, 5.74) is 6.90. The molecule has 0 saturated heterocycles. The average molecular weight is 513 g/mol. The number of aliphatic hydroxyl groups excluding tert-OH is 2. The van der Waals surface area contributed by atoms with Gasteiger partial charge in [0.1, 0.15) is 16.6 Å². The molecule has 2 atom stereocenters. The Bertz CT molecular complexity index is 1190. The Hall–Kier alpha value is -3.06. The molecule has 0 spiro atoms. The number of nitrogens with one attached hydrogen (secondary N) is 2. The third-order valence-corrected chi connectivity index (χ3v) is 6.25. The molecule has 2 unspecified atom stereocenters. The zero-order valence-corrected chi connectivity index (χ0v) is 19.4. The van der Waals surface area contributed by atoms with E-state index in [1.807, 2.05) is 0 Å². The van der Waals surface area contributed by atoms with Crippen LogP contribution < -0.4 is 16.4 Å². The van der Waals surface area contributed by atoms with E-state index in [0.717, 1.165) is 11.3 Å². The minimum atomic E-state index is -4.72. The fourth-order valence-corrected chi connectivity index (χ4v) is 4.26. The molecule has 188 valence electrons. The van der Waals surface area contributed by atoms with Crippen molar-refractivity contribution in [2.75, 3.05) is 18.5 Å². The van der Waals surface area contributed by atoms with Crippen molar-refractivity contribution in [3.05, 3.63) is 65.1 Å². The standard InChI is InChI=1S/C23H24F4N4O3S/c1-12(11-32)13-5-6-15(17(24)7-13)18-8-16(21(28)34)22(35-18)31-20-4-2-3-14(30-20)9-29-10-19(33)23(25,26)27/h2-8,12,19,29,32-33H,9-11H2,1H3,(H2,28,34)(H,30,31). The SMILES string of the molecule is CC(CO)c1ccc(-c2cc(C(N)=O)c(Nc3cccc(CNCC(O)C(F)(F)F)n3)s2)c(F)c1. The Morgan fingerprint density at radius 2 is 1.97 bits per heavy atom. The summed E-state index contributed by atoms with van der Waals surface area (Å²) >= 11 is 1.09. The number of aliphatic hydroxyl groups is 2. The lowest BCUT2D eigenvalue weighted by molar-refractivity contribution is -0.201. The molecule has 0 aliphatic heterocycles. The second kappa shape index (κ2) is 11.1. The number of aromatic nitrogens is 1. The number of alkyl halides is 3. The number of benzene rings is 1. The van der Waals surface area contributed by atoms with Gasteiger partial charge in [0.2, 0.25) is 0 Å². The van der Waals surface area contributed by atoms with Crippen molar-refractivity contribution >= 4 is 28.1 Å². The van der Waals surface area contributed by atoms with Gasteiger partial charge in [0.15, 0.2) is 6.10 Å². The van der Waals surface area contributed by atoms with E-state index in [4.69, 9.17) is 10.8 Å². The number of thiophene rings is 1. The van der Waals surface area contributed by atoms with Gasteiger partial charge in [0.05, 0.1) is 11.3 Å². The van der Waals surface area contributed by atoms with Crippen LogP contribution in [0.3, 0.4) is 0 Å². The van der Waals surface area contributed by atoms with Crippen LogP contribution in [0.25, 0.3) is 10.4 Å². The zero-order chi connectivity index (χ0) is 25.8. The molecule has 0 radical (unpaired) electrons. The molecule has 6 N–H and O–H groups in total. The smallest absolute Gasteiger partial charge is 0.396 e. The fourth-order valence-electron chi connectivity index (χ4n) is 3.16. The van der Waals surface area contributed by atoms with Crippen LogP contribution in [0.15, 0.2) is 42.5 Å². The predicted octanol–water partition coefficient (Wildman–Crippen LogP) is 3.90. The monoisotopic (exact) mass is 512 g/mol. The van der Waals surface area contributed by atoms with E-state index in [-0.39, 0.29) is 30.2 Å². The first-order valence-electron chi connectivity index (χ1n) is 10.5. The van der Waals surface area contributed by atoms with Crippen molar-refractivity contribution < 1.29 is 32.6 Å². The highest BCUT2D eigenvalue weighted by atomic mass is 32.1. The fraction of sp³-hybridized carbons (Fsp3) is 0.304. The van der Waals surface area contributed by atoms with Gasteiger partial charge in [-0.3, -0.25) is 4.79 Å². The van der Waals surface area contributed by atoms with Gasteiger partial charge >= 0.3 is 6.18 Å². The summed E-state index contributed by atoms with van der Waals surface area (Å²) in [6.45, 7) is 0.916. The maximum atomic E-state index is 14.8. The number of hydrogen-bond acceptors (Lipinski definition) is 7. The van der Waals surface area contributed by atoms with Gasteiger partial charge in [0.25, 0.3) is 5.91 Å². The van der Waals surface area contributed by atoms with E-state index in [1.54, 1.807) is 37.3 Å². The molecule has 2 heterocycles. The number of pyridine rings is 1. The Morgan fingerprint density at radius 3 is 2.60 bits per heavy atom. The van der Waals surface area contributed by atoms with Gasteiger partial charge in [-0.05, 0) is 29.8 Å². The van der Waals surface area contributed by atoms with E-state index in [9.17, 15) is 27.5 Å². The number of halogens is 4. The van der Waals surface area contributed by atoms with Crippen LogP contribution in [0.1, 0.15) is 34.5 Å². The van der Waals surface area contributed by atoms with Crippen LogP contribution in [0, 0.1) is 5.82 Å². The Kier molecular flexibility index (Phi) is 8.43. The van der Waals surface area contributed by atoms with E-state index in [1.165, 1.54) is 12.1 Å². The lowest BCUT2D eigenvalue weighted by atomic mass is 9.99. The summed E-state index contributed by atoms with van der Waals surface area (Å²) in [4.78, 5) is 16.7. The molecule has 3 aromatic rings. The number of carbonyl (C=O) groups is 1. The van der Waals surface area contributed by atoms with Crippen LogP contribution in [0.4, 0.5) is 28.4 Å². The van der Waals surface area contributed by atoms with Crippen LogP contribution in [-0.4, -0.2) is 46.5 Å². The molecule has 0 aliphatic rings. The Labute approximate surface area is 202 Å². The normalized spacial score (nSPS) is 13.5. The largest absolute Gasteiger partial charge is 0.415 e. The quantitative estimate of drug-likeness (QED) is 0.263. The number of anilines is 2. The maximum Gasteiger partial charge on any atom is 0.415 e. The minimum Gasteiger partial charge on any atom is -0.396 e. The van der Waals surface area contributed by atoms with E-state index < -0.39 is 30.5 Å². The summed E-state index contributed by atoms with van der Waals surface area (Å²) in [5, 5.41) is 24.1. The number of amides is 1. The molecule has 35 heavy (non-hydrogen) atoms. The minimum absolute atomic E-state index is 0.0369. The Balaban J connectivity index is 1.79.